The van der Waals surface area contributed by atoms with Gasteiger partial charge >= 0.3 is 0 Å². The third kappa shape index (κ3) is 2.60. The van der Waals surface area contributed by atoms with Crippen molar-refractivity contribution >= 4 is 23.9 Å². The van der Waals surface area contributed by atoms with Crippen LogP contribution in [0.2, 0.25) is 5.82 Å². The van der Waals surface area contributed by atoms with Crippen molar-refractivity contribution in [3.05, 3.63) is 88.7 Å². The van der Waals surface area contributed by atoms with Gasteiger partial charge in [0, 0.05) is 5.92 Å². The Bertz CT molecular complexity index is 1210. The lowest BCUT2D eigenvalue weighted by atomic mass is 9.58. The lowest BCUT2D eigenvalue weighted by molar-refractivity contribution is -0.653. The van der Waals surface area contributed by atoms with E-state index in [1.165, 1.54) is 11.3 Å². The second-order valence-electron chi connectivity index (χ2n) is 8.12. The Hall–Kier alpha value is -3.15. The minimum absolute atomic E-state index is 0.0897. The number of para-hydroxylation sites is 1. The number of hydrogen-bond acceptors (Lipinski definition) is 2. The van der Waals surface area contributed by atoms with Crippen molar-refractivity contribution < 1.29 is 4.57 Å². The van der Waals surface area contributed by atoms with E-state index < -0.39 is 7.28 Å². The normalized spacial score (nSPS) is 18.5. The predicted molar refractivity (Wildman–Crippen MR) is 113 cm³/mol. The lowest BCUT2D eigenvalue weighted by Gasteiger charge is -2.22. The molecule has 5 rings (SSSR count). The molecule has 2 atom stereocenters. The van der Waals surface area contributed by atoms with E-state index in [0.717, 1.165) is 17.9 Å². The Morgan fingerprint density at radius 1 is 1.11 bits per heavy atom. The summed E-state index contributed by atoms with van der Waals surface area (Å²) in [5.74, 6) is 1.48. The van der Waals surface area contributed by atoms with Crippen LogP contribution in [0.3, 0.4) is 0 Å². The summed E-state index contributed by atoms with van der Waals surface area (Å²) in [6, 6.07) is 18.2. The monoisotopic (exact) mass is 370 g/mol. The second kappa shape index (κ2) is 6.48. The maximum absolute atomic E-state index is 13.2. The summed E-state index contributed by atoms with van der Waals surface area (Å²) in [5.41, 5.74) is 3.51. The Balaban J connectivity index is 1.68. The topological polar surface area (TPSA) is 43.7 Å². The smallest absolute Gasteiger partial charge is 0.261 e. The molecule has 6 heteroatoms. The molecule has 2 aromatic heterocycles. The number of aryl methyl sites for hydroxylation is 2. The van der Waals surface area contributed by atoms with E-state index in [1.807, 2.05) is 34.9 Å². The van der Waals surface area contributed by atoms with Gasteiger partial charge in [-0.1, -0.05) is 42.5 Å². The molecule has 0 spiro atoms. The number of fused-ring (bicyclic) bond motifs is 2. The number of imidazole rings is 1. The van der Waals surface area contributed by atoms with Crippen LogP contribution in [0.15, 0.2) is 71.8 Å². The van der Waals surface area contributed by atoms with Crippen LogP contribution in [0.5, 0.6) is 0 Å². The largest absolute Gasteiger partial charge is 0.299 e. The first kappa shape index (κ1) is 17.0. The van der Waals surface area contributed by atoms with E-state index in [4.69, 9.17) is 4.98 Å². The van der Waals surface area contributed by atoms with Crippen molar-refractivity contribution in [3.8, 4) is 0 Å². The van der Waals surface area contributed by atoms with Gasteiger partial charge in [-0.3, -0.25) is 18.5 Å². The number of benzene rings is 2. The summed E-state index contributed by atoms with van der Waals surface area (Å²) in [5, 5.41) is 0.711. The first-order valence-electron chi connectivity index (χ1n) is 9.99. The SMILES string of the molecule is Cn1cc[n+](C)c1[BH2-][C@H]1Cn2c(nc3ccccc3c2=O)[C@@H]1c1ccccc1. The van der Waals surface area contributed by atoms with Gasteiger partial charge in [-0.2, -0.15) is 0 Å². The average Bonchev–Trinajstić information content (AvgIpc) is 3.24. The summed E-state index contributed by atoms with van der Waals surface area (Å²) < 4.78 is 6.37. The minimum atomic E-state index is -0.499. The molecule has 0 fully saturated rings. The van der Waals surface area contributed by atoms with Crippen LogP contribution in [-0.2, 0) is 20.6 Å². The fourth-order valence-corrected chi connectivity index (χ4v) is 5.05. The highest BCUT2D eigenvalue weighted by atomic mass is 16.1. The van der Waals surface area contributed by atoms with E-state index in [-0.39, 0.29) is 11.5 Å². The molecule has 0 saturated carbocycles. The van der Waals surface area contributed by atoms with Crippen molar-refractivity contribution in [1.29, 1.82) is 0 Å². The van der Waals surface area contributed by atoms with E-state index in [1.54, 1.807) is 0 Å². The van der Waals surface area contributed by atoms with E-state index in [0.29, 0.717) is 11.2 Å². The number of aromatic nitrogens is 4. The molecule has 0 bridgehead atoms. The first-order chi connectivity index (χ1) is 13.6. The van der Waals surface area contributed by atoms with Crippen LogP contribution in [-0.4, -0.2) is 21.4 Å². The van der Waals surface area contributed by atoms with Gasteiger partial charge in [-0.15, -0.1) is 5.82 Å². The zero-order valence-corrected chi connectivity index (χ0v) is 16.4. The highest BCUT2D eigenvalue weighted by Gasteiger charge is 2.34. The molecule has 0 aliphatic carbocycles. The highest BCUT2D eigenvalue weighted by Crippen LogP contribution is 2.40. The molecule has 1 aliphatic rings. The molecule has 0 amide bonds. The Labute approximate surface area is 164 Å². The number of nitrogens with zero attached hydrogens (tertiary/aromatic N) is 4. The van der Waals surface area contributed by atoms with Gasteiger partial charge in [0.1, 0.15) is 18.2 Å². The minimum Gasteiger partial charge on any atom is -0.299 e. The quantitative estimate of drug-likeness (QED) is 0.399. The van der Waals surface area contributed by atoms with E-state index >= 15 is 0 Å². The van der Waals surface area contributed by atoms with Crippen LogP contribution < -0.4 is 15.9 Å². The third-order valence-electron chi connectivity index (χ3n) is 6.53. The van der Waals surface area contributed by atoms with Gasteiger partial charge in [0.25, 0.3) is 5.56 Å². The summed E-state index contributed by atoms with van der Waals surface area (Å²) >= 11 is 0. The Morgan fingerprint density at radius 2 is 1.86 bits per heavy atom. The molecular formula is C22H23BN4O. The van der Waals surface area contributed by atoms with Crippen molar-refractivity contribution in [2.75, 3.05) is 0 Å². The second-order valence-corrected chi connectivity index (χ2v) is 8.12. The molecule has 2 aromatic carbocycles. The van der Waals surface area contributed by atoms with Crippen LogP contribution in [0.4, 0.5) is 0 Å². The molecular weight excluding hydrogens is 347 g/mol. The number of rotatable bonds is 3. The van der Waals surface area contributed by atoms with Gasteiger partial charge < -0.3 is 0 Å². The number of hydrogen-bond donors (Lipinski definition) is 0. The Kier molecular flexibility index (Phi) is 3.93. The van der Waals surface area contributed by atoms with E-state index in [9.17, 15) is 4.79 Å². The fourth-order valence-electron chi connectivity index (χ4n) is 5.05. The Morgan fingerprint density at radius 3 is 2.61 bits per heavy atom. The fraction of sp³-hybridized carbons (Fsp3) is 0.227. The molecule has 0 radical (unpaired) electrons. The average molecular weight is 370 g/mol. The summed E-state index contributed by atoms with van der Waals surface area (Å²) in [6.07, 6.45) is 4.22. The lowest BCUT2D eigenvalue weighted by Crippen LogP contribution is -2.51. The van der Waals surface area contributed by atoms with Gasteiger partial charge in [-0.05, 0) is 24.2 Å². The van der Waals surface area contributed by atoms with E-state index in [2.05, 4.69) is 59.9 Å². The molecule has 0 unspecified atom stereocenters. The van der Waals surface area contributed by atoms with Gasteiger partial charge in [-0.25, -0.2) is 4.98 Å². The van der Waals surface area contributed by atoms with Crippen LogP contribution in [0, 0.1) is 0 Å². The zero-order valence-electron chi connectivity index (χ0n) is 16.4. The maximum atomic E-state index is 13.2. The summed E-state index contributed by atoms with van der Waals surface area (Å²) in [7, 11) is 3.72. The molecule has 0 saturated heterocycles. The predicted octanol–water partition coefficient (Wildman–Crippen LogP) is 0.988. The van der Waals surface area contributed by atoms with Crippen molar-refractivity contribution in [3.63, 3.8) is 0 Å². The molecule has 3 heterocycles. The summed E-state index contributed by atoms with van der Waals surface area (Å²) in [6.45, 7) is 0.747. The van der Waals surface area contributed by atoms with Crippen LogP contribution >= 0.6 is 0 Å². The molecule has 5 nitrogen and oxygen atoms in total. The standard InChI is InChI=1S/C22H23BN4O/c1-25-12-13-26(2)22(25)23-17-14-27-20(19(17)15-8-4-3-5-9-15)24-18-11-7-6-10-16(18)21(27)28/h3-13,17,19H,14,23H2,1-2H3/t17-,19+/m0/s1. The highest BCUT2D eigenvalue weighted by molar-refractivity contribution is 6.52. The summed E-state index contributed by atoms with van der Waals surface area (Å²) in [4.78, 5) is 18.2. The van der Waals surface area contributed by atoms with Crippen LogP contribution in [0.1, 0.15) is 17.3 Å². The third-order valence-corrected chi connectivity index (χ3v) is 6.53. The van der Waals surface area contributed by atoms with Crippen LogP contribution in [0.25, 0.3) is 10.9 Å². The van der Waals surface area contributed by atoms with Crippen molar-refractivity contribution in [2.45, 2.75) is 18.3 Å². The van der Waals surface area contributed by atoms with Crippen molar-refractivity contribution in [1.82, 2.24) is 14.1 Å². The van der Waals surface area contributed by atoms with Crippen molar-refractivity contribution in [2.24, 2.45) is 14.1 Å². The molecule has 0 N–H and O–H groups in total. The zero-order chi connectivity index (χ0) is 19.3. The molecule has 4 aromatic rings. The molecule has 28 heavy (non-hydrogen) atoms. The van der Waals surface area contributed by atoms with Gasteiger partial charge in [0.15, 0.2) is 0 Å². The first-order valence-corrected chi connectivity index (χ1v) is 9.99. The molecule has 140 valence electrons. The molecule has 1 aliphatic heterocycles. The maximum Gasteiger partial charge on any atom is 0.261 e. The van der Waals surface area contributed by atoms with Gasteiger partial charge in [0.2, 0.25) is 0 Å². The van der Waals surface area contributed by atoms with Gasteiger partial charge in [0.05, 0.1) is 38.0 Å².